The fourth-order valence-electron chi connectivity index (χ4n) is 2.30. The average Bonchev–Trinajstić information content (AvgIpc) is 1.93. The first-order valence-electron chi connectivity index (χ1n) is 5.20. The van der Waals surface area contributed by atoms with E-state index in [-0.39, 0.29) is 0 Å². The third-order valence-corrected chi connectivity index (χ3v) is 11.3. The quantitative estimate of drug-likeness (QED) is 0.632. The Balaban J connectivity index is 5.88. The number of rotatable bonds is 4. The van der Waals surface area contributed by atoms with Gasteiger partial charge in [0.2, 0.25) is 0 Å². The van der Waals surface area contributed by atoms with Crippen molar-refractivity contribution in [2.75, 3.05) is 0 Å². The van der Waals surface area contributed by atoms with Crippen LogP contribution >= 0.6 is 45.8 Å². The van der Waals surface area contributed by atoms with Crippen LogP contribution in [0.1, 0.15) is 0 Å². The highest BCUT2D eigenvalue weighted by Gasteiger charge is 2.38. The average molecular weight is 334 g/mol. The molecule has 0 spiro atoms. The van der Waals surface area contributed by atoms with Gasteiger partial charge in [-0.3, -0.25) is 0 Å². The Morgan fingerprint density at radius 2 is 0.938 bits per heavy atom. The highest BCUT2D eigenvalue weighted by Crippen LogP contribution is 2.33. The summed E-state index contributed by atoms with van der Waals surface area (Å²) < 4.78 is 0. The van der Waals surface area contributed by atoms with Crippen LogP contribution in [-0.2, 0) is 0 Å². The zero-order chi connectivity index (χ0) is 13.3. The molecular weight excluding hydrogens is 316 g/mol. The molecule has 0 nitrogen and oxygen atoms in total. The van der Waals surface area contributed by atoms with Gasteiger partial charge in [-0.1, -0.05) is 44.7 Å². The predicted octanol–water partition coefficient (Wildman–Crippen LogP) is 5.05. The van der Waals surface area contributed by atoms with Gasteiger partial charge >= 0.3 is 11.1 Å². The van der Waals surface area contributed by atoms with Crippen LogP contribution < -0.4 is 0 Å². The fourth-order valence-corrected chi connectivity index (χ4v) is 15.5. The number of hydrogen-bond donors (Lipinski definition) is 0. The topological polar surface area (TPSA) is 0 Å². The molecule has 0 aliphatic rings. The van der Waals surface area contributed by atoms with Gasteiger partial charge in [0.05, 0.1) is 16.1 Å². The molecule has 0 amide bonds. The van der Waals surface area contributed by atoms with Gasteiger partial charge in [-0.25, -0.2) is 0 Å². The lowest BCUT2D eigenvalue weighted by molar-refractivity contribution is 1.63. The third-order valence-electron chi connectivity index (χ3n) is 2.26. The van der Waals surface area contributed by atoms with Crippen molar-refractivity contribution in [3.05, 3.63) is 10.2 Å². The molecule has 92 valence electrons. The van der Waals surface area contributed by atoms with Crippen molar-refractivity contribution in [2.45, 2.75) is 39.3 Å². The Morgan fingerprint density at radius 1 is 0.688 bits per heavy atom. The number of hydrogen-bond acceptors (Lipinski definition) is 0. The predicted molar refractivity (Wildman–Crippen MR) is 88.6 cm³/mol. The maximum Gasteiger partial charge on any atom is 0.372 e. The van der Waals surface area contributed by atoms with E-state index in [1.807, 2.05) is 0 Å². The smallest absolute Gasteiger partial charge is 0.166 e. The SMILES string of the molecule is C[Si](C)(C)C(=C(B(Cl)Cl)B(Cl)Cl)[Si](C)(C)C. The van der Waals surface area contributed by atoms with Crippen LogP contribution in [0.15, 0.2) is 10.2 Å². The second-order valence-corrected chi connectivity index (χ2v) is 18.6. The van der Waals surface area contributed by atoms with Crippen molar-refractivity contribution in [1.82, 2.24) is 0 Å². The van der Waals surface area contributed by atoms with Gasteiger partial charge in [0, 0.05) is 0 Å². The molecule has 0 unspecified atom stereocenters. The Hall–Kier alpha value is 1.46. The second kappa shape index (κ2) is 6.07. The summed E-state index contributed by atoms with van der Waals surface area (Å²) >= 11 is 24.1. The first-order valence-corrected chi connectivity index (χ1v) is 13.9. The summed E-state index contributed by atoms with van der Waals surface area (Å²) in [5, 5.41) is 0.838. The highest BCUT2D eigenvalue weighted by atomic mass is 35.5. The summed E-state index contributed by atoms with van der Waals surface area (Å²) in [5.41, 5.74) is -1.21. The molecule has 0 rings (SSSR count). The molecular formula is C8H18B2Cl4Si2. The van der Waals surface area contributed by atoms with Crippen LogP contribution in [0.3, 0.4) is 0 Å². The van der Waals surface area contributed by atoms with Gasteiger partial charge < -0.3 is 0 Å². The van der Waals surface area contributed by atoms with Gasteiger partial charge in [0.15, 0.2) is 0 Å². The monoisotopic (exact) mass is 332 g/mol. The molecule has 0 aliphatic heterocycles. The van der Waals surface area contributed by atoms with Gasteiger partial charge in [-0.2, -0.15) is 45.8 Å². The second-order valence-electron chi connectivity index (χ2n) is 5.93. The molecule has 0 aliphatic carbocycles. The van der Waals surface area contributed by atoms with E-state index >= 15 is 0 Å². The minimum atomic E-state index is -1.51. The largest absolute Gasteiger partial charge is 0.372 e. The van der Waals surface area contributed by atoms with Gasteiger partial charge in [0.25, 0.3) is 0 Å². The van der Waals surface area contributed by atoms with Crippen molar-refractivity contribution in [2.24, 2.45) is 0 Å². The summed E-state index contributed by atoms with van der Waals surface area (Å²) in [6.07, 6.45) is 0. The van der Waals surface area contributed by atoms with Crippen molar-refractivity contribution >= 4 is 73.1 Å². The minimum Gasteiger partial charge on any atom is -0.166 e. The van der Waals surface area contributed by atoms with Crippen molar-refractivity contribution in [3.8, 4) is 0 Å². The van der Waals surface area contributed by atoms with Crippen LogP contribution in [-0.4, -0.2) is 27.2 Å². The highest BCUT2D eigenvalue weighted by molar-refractivity contribution is 7.51. The van der Waals surface area contributed by atoms with E-state index in [0.717, 1.165) is 5.37 Å². The lowest BCUT2D eigenvalue weighted by atomic mass is 9.75. The number of halogens is 4. The standard InChI is InChI=1S/C8H18B2Cl4Si2/c1-15(2,3)8(16(4,5)6)7(9(11)12)10(13)14/h1-6H3. The molecule has 0 saturated carbocycles. The summed E-state index contributed by atoms with van der Waals surface area (Å²) in [6, 6.07) is 0. The van der Waals surface area contributed by atoms with E-state index in [4.69, 9.17) is 45.8 Å². The molecule has 0 aromatic heterocycles. The zero-order valence-corrected chi connectivity index (χ0v) is 15.7. The van der Waals surface area contributed by atoms with Crippen LogP contribution in [0.2, 0.25) is 39.3 Å². The third kappa shape index (κ3) is 4.99. The summed E-state index contributed by atoms with van der Waals surface area (Å²) in [5.74, 6) is 0. The molecule has 0 saturated heterocycles. The normalized spacial score (nSPS) is 12.4. The molecule has 8 heteroatoms. The maximum absolute atomic E-state index is 6.03. The lowest BCUT2D eigenvalue weighted by Crippen LogP contribution is -2.43. The maximum atomic E-state index is 6.03. The van der Waals surface area contributed by atoms with E-state index in [2.05, 4.69) is 39.3 Å². The Morgan fingerprint density at radius 3 is 1.00 bits per heavy atom. The lowest BCUT2D eigenvalue weighted by Gasteiger charge is -2.35. The molecule has 0 heterocycles. The van der Waals surface area contributed by atoms with Crippen molar-refractivity contribution in [3.63, 3.8) is 0 Å². The van der Waals surface area contributed by atoms with E-state index in [1.165, 1.54) is 4.82 Å². The molecule has 0 atom stereocenters. The Bertz CT molecular complexity index is 253. The molecule has 0 bridgehead atoms. The van der Waals surface area contributed by atoms with E-state index in [1.54, 1.807) is 0 Å². The molecule has 0 fully saturated rings. The molecule has 0 aromatic rings. The van der Waals surface area contributed by atoms with Crippen LogP contribution in [0.5, 0.6) is 0 Å². The molecule has 16 heavy (non-hydrogen) atoms. The van der Waals surface area contributed by atoms with E-state index in [0.29, 0.717) is 0 Å². The van der Waals surface area contributed by atoms with Crippen LogP contribution in [0, 0.1) is 0 Å². The first kappa shape index (κ1) is 17.5. The fraction of sp³-hybridized carbons (Fsp3) is 0.750. The summed E-state index contributed by atoms with van der Waals surface area (Å²) in [4.78, 5) is 1.39. The zero-order valence-electron chi connectivity index (χ0n) is 10.7. The van der Waals surface area contributed by atoms with Crippen molar-refractivity contribution in [1.29, 1.82) is 0 Å². The van der Waals surface area contributed by atoms with Gasteiger partial charge in [0.1, 0.15) is 0 Å². The van der Waals surface area contributed by atoms with Crippen LogP contribution in [0.4, 0.5) is 0 Å². The Kier molecular flexibility index (Phi) is 6.63. The minimum absolute atomic E-state index is 0.603. The molecule has 0 radical (unpaired) electrons. The van der Waals surface area contributed by atoms with Crippen LogP contribution in [0.25, 0.3) is 0 Å². The molecule has 0 aromatic carbocycles. The van der Waals surface area contributed by atoms with Gasteiger partial charge in [-0.15, -0.1) is 4.82 Å². The molecule has 0 N–H and O–H groups in total. The van der Waals surface area contributed by atoms with E-state index < -0.39 is 27.2 Å². The summed E-state index contributed by atoms with van der Waals surface area (Å²) in [6.45, 7) is 13.7. The van der Waals surface area contributed by atoms with Gasteiger partial charge in [-0.05, 0) is 0 Å². The summed E-state index contributed by atoms with van der Waals surface area (Å²) in [7, 11) is -3.01. The Labute approximate surface area is 122 Å². The van der Waals surface area contributed by atoms with Crippen molar-refractivity contribution < 1.29 is 0 Å². The first-order chi connectivity index (χ1) is 6.89. The van der Waals surface area contributed by atoms with E-state index in [9.17, 15) is 0 Å².